The summed E-state index contributed by atoms with van der Waals surface area (Å²) in [6.45, 7) is 0.288. The average Bonchev–Trinajstić information content (AvgIpc) is 3.22. The SMILES string of the molecule is O=C(NCc1cc(-c2ccc(Cl)cc2)on1)c1ccc(-c2ccccc2)cc1. The Balaban J connectivity index is 1.39. The van der Waals surface area contributed by atoms with Crippen molar-refractivity contribution in [2.45, 2.75) is 6.54 Å². The molecule has 28 heavy (non-hydrogen) atoms. The van der Waals surface area contributed by atoms with Crippen LogP contribution >= 0.6 is 11.6 Å². The molecule has 4 aromatic rings. The number of carbonyl (C=O) groups is 1. The number of rotatable bonds is 5. The minimum atomic E-state index is -0.157. The fourth-order valence-electron chi connectivity index (χ4n) is 2.86. The summed E-state index contributed by atoms with van der Waals surface area (Å²) in [6, 6.07) is 26.7. The maximum atomic E-state index is 12.4. The lowest BCUT2D eigenvalue weighted by Crippen LogP contribution is -2.22. The molecular weight excluding hydrogens is 372 g/mol. The lowest BCUT2D eigenvalue weighted by Gasteiger charge is -2.05. The van der Waals surface area contributed by atoms with E-state index in [4.69, 9.17) is 16.1 Å². The van der Waals surface area contributed by atoms with E-state index in [9.17, 15) is 4.79 Å². The third-order valence-corrected chi connectivity index (χ3v) is 4.62. The highest BCUT2D eigenvalue weighted by atomic mass is 35.5. The Bertz CT molecular complexity index is 1070. The molecule has 1 N–H and O–H groups in total. The zero-order valence-electron chi connectivity index (χ0n) is 14.9. The van der Waals surface area contributed by atoms with Crippen LogP contribution in [0.4, 0.5) is 0 Å². The minimum Gasteiger partial charge on any atom is -0.356 e. The van der Waals surface area contributed by atoms with Gasteiger partial charge in [-0.3, -0.25) is 4.79 Å². The monoisotopic (exact) mass is 388 g/mol. The van der Waals surface area contributed by atoms with E-state index < -0.39 is 0 Å². The van der Waals surface area contributed by atoms with Gasteiger partial charge in [0, 0.05) is 22.2 Å². The van der Waals surface area contributed by atoms with Crippen LogP contribution in [0.5, 0.6) is 0 Å². The third kappa shape index (κ3) is 4.13. The molecule has 0 aliphatic heterocycles. The normalized spacial score (nSPS) is 10.6. The molecule has 0 bridgehead atoms. The van der Waals surface area contributed by atoms with Crippen molar-refractivity contribution in [2.75, 3.05) is 0 Å². The zero-order chi connectivity index (χ0) is 19.3. The Labute approximate surface area is 167 Å². The van der Waals surface area contributed by atoms with Gasteiger partial charge in [-0.25, -0.2) is 0 Å². The highest BCUT2D eigenvalue weighted by Gasteiger charge is 2.10. The highest BCUT2D eigenvalue weighted by molar-refractivity contribution is 6.30. The zero-order valence-corrected chi connectivity index (χ0v) is 15.7. The molecule has 1 heterocycles. The van der Waals surface area contributed by atoms with Gasteiger partial charge in [-0.2, -0.15) is 0 Å². The Kier molecular flexibility index (Phi) is 5.22. The number of amides is 1. The van der Waals surface area contributed by atoms with Crippen molar-refractivity contribution in [3.63, 3.8) is 0 Å². The number of nitrogens with one attached hydrogen (secondary N) is 1. The van der Waals surface area contributed by atoms with Gasteiger partial charge in [0.15, 0.2) is 5.76 Å². The first-order valence-electron chi connectivity index (χ1n) is 8.84. The second kappa shape index (κ2) is 8.11. The lowest BCUT2D eigenvalue weighted by molar-refractivity contribution is 0.0950. The molecule has 138 valence electrons. The van der Waals surface area contributed by atoms with E-state index in [-0.39, 0.29) is 12.5 Å². The molecule has 0 spiro atoms. The van der Waals surface area contributed by atoms with Crippen molar-refractivity contribution in [3.05, 3.63) is 101 Å². The smallest absolute Gasteiger partial charge is 0.251 e. The predicted octanol–water partition coefficient (Wildman–Crippen LogP) is 5.59. The van der Waals surface area contributed by atoms with Crippen LogP contribution in [0.1, 0.15) is 16.1 Å². The lowest BCUT2D eigenvalue weighted by atomic mass is 10.0. The van der Waals surface area contributed by atoms with Crippen LogP contribution in [0, 0.1) is 0 Å². The average molecular weight is 389 g/mol. The van der Waals surface area contributed by atoms with E-state index in [1.165, 1.54) is 0 Å². The van der Waals surface area contributed by atoms with E-state index in [1.807, 2.05) is 72.8 Å². The van der Waals surface area contributed by atoms with E-state index in [0.29, 0.717) is 22.0 Å². The number of halogens is 1. The van der Waals surface area contributed by atoms with Gasteiger partial charge in [-0.15, -0.1) is 0 Å². The Morgan fingerprint density at radius 3 is 2.21 bits per heavy atom. The number of hydrogen-bond acceptors (Lipinski definition) is 3. The molecule has 0 fully saturated rings. The molecule has 5 heteroatoms. The van der Waals surface area contributed by atoms with Crippen LogP contribution in [-0.4, -0.2) is 11.1 Å². The van der Waals surface area contributed by atoms with Gasteiger partial charge in [0.2, 0.25) is 0 Å². The first-order chi connectivity index (χ1) is 13.7. The third-order valence-electron chi connectivity index (χ3n) is 4.37. The molecule has 0 unspecified atom stereocenters. The summed E-state index contributed by atoms with van der Waals surface area (Å²) in [5.74, 6) is 0.476. The minimum absolute atomic E-state index is 0.157. The summed E-state index contributed by atoms with van der Waals surface area (Å²) in [5, 5.41) is 7.54. The predicted molar refractivity (Wildman–Crippen MR) is 110 cm³/mol. The van der Waals surface area contributed by atoms with Gasteiger partial charge in [0.1, 0.15) is 5.69 Å². The summed E-state index contributed by atoms with van der Waals surface area (Å²) in [7, 11) is 0. The van der Waals surface area contributed by atoms with Gasteiger partial charge < -0.3 is 9.84 Å². The van der Waals surface area contributed by atoms with Crippen molar-refractivity contribution in [1.29, 1.82) is 0 Å². The molecule has 0 aliphatic rings. The molecule has 1 aromatic heterocycles. The molecule has 0 saturated heterocycles. The topological polar surface area (TPSA) is 55.1 Å². The Morgan fingerprint density at radius 2 is 1.50 bits per heavy atom. The van der Waals surface area contributed by atoms with Gasteiger partial charge in [0.25, 0.3) is 5.91 Å². The maximum absolute atomic E-state index is 12.4. The summed E-state index contributed by atoms with van der Waals surface area (Å²) in [5.41, 5.74) is 4.32. The number of hydrogen-bond donors (Lipinski definition) is 1. The van der Waals surface area contributed by atoms with Crippen molar-refractivity contribution in [1.82, 2.24) is 10.5 Å². The first kappa shape index (κ1) is 18.0. The van der Waals surface area contributed by atoms with Crippen molar-refractivity contribution in [3.8, 4) is 22.5 Å². The van der Waals surface area contributed by atoms with Crippen LogP contribution in [0.25, 0.3) is 22.5 Å². The number of aromatic nitrogens is 1. The fraction of sp³-hybridized carbons (Fsp3) is 0.0435. The van der Waals surface area contributed by atoms with Crippen molar-refractivity contribution >= 4 is 17.5 Å². The molecular formula is C23H17ClN2O2. The van der Waals surface area contributed by atoms with E-state index >= 15 is 0 Å². The summed E-state index contributed by atoms with van der Waals surface area (Å²) >= 11 is 5.90. The molecule has 0 saturated carbocycles. The molecule has 0 aliphatic carbocycles. The number of benzene rings is 3. The van der Waals surface area contributed by atoms with Crippen LogP contribution < -0.4 is 5.32 Å². The number of carbonyl (C=O) groups excluding carboxylic acids is 1. The largest absolute Gasteiger partial charge is 0.356 e. The molecule has 3 aromatic carbocycles. The summed E-state index contributed by atoms with van der Waals surface area (Å²) < 4.78 is 5.35. The van der Waals surface area contributed by atoms with Gasteiger partial charge in [-0.1, -0.05) is 59.2 Å². The van der Waals surface area contributed by atoms with E-state index in [0.717, 1.165) is 16.7 Å². The van der Waals surface area contributed by atoms with Gasteiger partial charge in [0.05, 0.1) is 6.54 Å². The van der Waals surface area contributed by atoms with Gasteiger partial charge >= 0.3 is 0 Å². The highest BCUT2D eigenvalue weighted by Crippen LogP contribution is 2.22. The Morgan fingerprint density at radius 1 is 0.857 bits per heavy atom. The van der Waals surface area contributed by atoms with E-state index in [1.54, 1.807) is 12.1 Å². The van der Waals surface area contributed by atoms with Crippen molar-refractivity contribution < 1.29 is 9.32 Å². The second-order valence-electron chi connectivity index (χ2n) is 6.32. The maximum Gasteiger partial charge on any atom is 0.251 e. The van der Waals surface area contributed by atoms with Gasteiger partial charge in [-0.05, 0) is 47.5 Å². The van der Waals surface area contributed by atoms with Crippen LogP contribution in [-0.2, 0) is 6.54 Å². The fourth-order valence-corrected chi connectivity index (χ4v) is 2.99. The number of nitrogens with zero attached hydrogens (tertiary/aromatic N) is 1. The molecule has 4 rings (SSSR count). The van der Waals surface area contributed by atoms with E-state index in [2.05, 4.69) is 10.5 Å². The quantitative estimate of drug-likeness (QED) is 0.484. The Hall–Kier alpha value is -3.37. The molecule has 1 amide bonds. The molecule has 0 radical (unpaired) electrons. The molecule has 4 nitrogen and oxygen atoms in total. The second-order valence-corrected chi connectivity index (χ2v) is 6.75. The van der Waals surface area contributed by atoms with Crippen molar-refractivity contribution in [2.24, 2.45) is 0 Å². The standard InChI is InChI=1S/C23H17ClN2O2/c24-20-12-10-18(11-13-20)22-14-21(26-28-22)15-25-23(27)19-8-6-17(7-9-19)16-4-2-1-3-5-16/h1-14H,15H2,(H,25,27). The van der Waals surface area contributed by atoms with Crippen LogP contribution in [0.2, 0.25) is 5.02 Å². The first-order valence-corrected chi connectivity index (χ1v) is 9.22. The summed E-state index contributed by atoms with van der Waals surface area (Å²) in [4.78, 5) is 12.4. The summed E-state index contributed by atoms with van der Waals surface area (Å²) in [6.07, 6.45) is 0. The van der Waals surface area contributed by atoms with Crippen LogP contribution in [0.3, 0.4) is 0 Å². The van der Waals surface area contributed by atoms with Crippen LogP contribution in [0.15, 0.2) is 89.5 Å². The molecule has 0 atom stereocenters.